The lowest BCUT2D eigenvalue weighted by atomic mass is 10.0. The molecule has 3 rings (SSSR count). The SMILES string of the molecule is CS(=O)(=O)N[C@@H]1CCCN(Cc2c(O)ccc3ccccc23)C1. The quantitative estimate of drug-likeness (QED) is 0.898. The molecule has 5 nitrogen and oxygen atoms in total. The van der Waals surface area contributed by atoms with Crippen LogP contribution in [0.4, 0.5) is 0 Å². The first-order valence-electron chi connectivity index (χ1n) is 7.81. The topological polar surface area (TPSA) is 69.6 Å². The molecule has 1 atom stereocenters. The molecule has 0 aromatic heterocycles. The highest BCUT2D eigenvalue weighted by atomic mass is 32.2. The average molecular weight is 334 g/mol. The Morgan fingerprint density at radius 3 is 2.83 bits per heavy atom. The number of aromatic hydroxyl groups is 1. The van der Waals surface area contributed by atoms with E-state index in [2.05, 4.69) is 9.62 Å². The summed E-state index contributed by atoms with van der Waals surface area (Å²) in [5.74, 6) is 0.293. The van der Waals surface area contributed by atoms with Crippen molar-refractivity contribution in [1.29, 1.82) is 0 Å². The molecule has 0 amide bonds. The zero-order chi connectivity index (χ0) is 16.4. The number of benzene rings is 2. The fraction of sp³-hybridized carbons (Fsp3) is 0.412. The van der Waals surface area contributed by atoms with Crippen molar-refractivity contribution in [2.45, 2.75) is 25.4 Å². The van der Waals surface area contributed by atoms with Crippen molar-refractivity contribution in [2.75, 3.05) is 19.3 Å². The van der Waals surface area contributed by atoms with Crippen molar-refractivity contribution in [2.24, 2.45) is 0 Å². The van der Waals surface area contributed by atoms with Crippen LogP contribution in [0.2, 0.25) is 0 Å². The first kappa shape index (κ1) is 16.2. The van der Waals surface area contributed by atoms with Gasteiger partial charge in [0.25, 0.3) is 0 Å². The van der Waals surface area contributed by atoms with E-state index in [0.29, 0.717) is 18.8 Å². The van der Waals surface area contributed by atoms with Crippen molar-refractivity contribution in [3.63, 3.8) is 0 Å². The Morgan fingerprint density at radius 2 is 2.04 bits per heavy atom. The highest BCUT2D eigenvalue weighted by molar-refractivity contribution is 7.88. The van der Waals surface area contributed by atoms with Gasteiger partial charge in [-0.25, -0.2) is 13.1 Å². The van der Waals surface area contributed by atoms with Gasteiger partial charge in [0.15, 0.2) is 0 Å². The van der Waals surface area contributed by atoms with Crippen LogP contribution in [0.15, 0.2) is 36.4 Å². The van der Waals surface area contributed by atoms with Crippen molar-refractivity contribution in [3.05, 3.63) is 42.0 Å². The Hall–Kier alpha value is -1.63. The summed E-state index contributed by atoms with van der Waals surface area (Å²) >= 11 is 0. The number of nitrogens with zero attached hydrogens (tertiary/aromatic N) is 1. The fourth-order valence-electron chi connectivity index (χ4n) is 3.31. The van der Waals surface area contributed by atoms with E-state index in [1.54, 1.807) is 6.07 Å². The van der Waals surface area contributed by atoms with Gasteiger partial charge < -0.3 is 5.11 Å². The van der Waals surface area contributed by atoms with Crippen molar-refractivity contribution in [3.8, 4) is 5.75 Å². The second-order valence-corrected chi connectivity index (χ2v) is 8.03. The molecule has 6 heteroatoms. The van der Waals surface area contributed by atoms with Crippen molar-refractivity contribution < 1.29 is 13.5 Å². The van der Waals surface area contributed by atoms with Gasteiger partial charge in [-0.1, -0.05) is 30.3 Å². The summed E-state index contributed by atoms with van der Waals surface area (Å²) in [4.78, 5) is 2.20. The predicted molar refractivity (Wildman–Crippen MR) is 91.9 cm³/mol. The third kappa shape index (κ3) is 4.02. The standard InChI is InChI=1S/C17H22N2O3S/c1-23(21,22)18-14-6-4-10-19(11-14)12-16-15-7-3-2-5-13(15)8-9-17(16)20/h2-3,5,7-9,14,18,20H,4,6,10-12H2,1H3/t14-/m1/s1. The summed E-state index contributed by atoms with van der Waals surface area (Å²) in [5, 5.41) is 12.4. The number of fused-ring (bicyclic) bond motifs is 1. The predicted octanol–water partition coefficient (Wildman–Crippen LogP) is 2.06. The summed E-state index contributed by atoms with van der Waals surface area (Å²) in [5.41, 5.74) is 0.906. The molecule has 1 fully saturated rings. The molecule has 0 spiro atoms. The molecule has 1 aliphatic heterocycles. The van der Waals surface area contributed by atoms with Gasteiger partial charge in [0.2, 0.25) is 10.0 Å². The molecular weight excluding hydrogens is 312 g/mol. The molecule has 0 aliphatic carbocycles. The second-order valence-electron chi connectivity index (χ2n) is 6.25. The van der Waals surface area contributed by atoms with Gasteiger partial charge in [-0.05, 0) is 36.2 Å². The molecule has 0 unspecified atom stereocenters. The lowest BCUT2D eigenvalue weighted by molar-refractivity contribution is 0.193. The summed E-state index contributed by atoms with van der Waals surface area (Å²) < 4.78 is 25.5. The number of rotatable bonds is 4. The minimum absolute atomic E-state index is 0.0594. The van der Waals surface area contributed by atoms with Crippen LogP contribution in [0.5, 0.6) is 5.75 Å². The first-order chi connectivity index (χ1) is 10.9. The van der Waals surface area contributed by atoms with Gasteiger partial charge in [-0.3, -0.25) is 4.90 Å². The Balaban J connectivity index is 1.80. The summed E-state index contributed by atoms with van der Waals surface area (Å²) in [6.45, 7) is 2.19. The first-order valence-corrected chi connectivity index (χ1v) is 9.71. The number of sulfonamides is 1. The van der Waals surface area contributed by atoms with Crippen LogP contribution in [0.25, 0.3) is 10.8 Å². The molecular formula is C17H22N2O3S. The third-order valence-electron chi connectivity index (χ3n) is 4.28. The Kier molecular flexibility index (Phi) is 4.57. The van der Waals surface area contributed by atoms with E-state index in [1.807, 2.05) is 30.3 Å². The minimum Gasteiger partial charge on any atom is -0.508 e. The number of likely N-dealkylation sites (tertiary alicyclic amines) is 1. The van der Waals surface area contributed by atoms with E-state index < -0.39 is 10.0 Å². The molecule has 0 saturated carbocycles. The normalized spacial score (nSPS) is 20.0. The van der Waals surface area contributed by atoms with Crippen LogP contribution in [-0.2, 0) is 16.6 Å². The summed E-state index contributed by atoms with van der Waals surface area (Å²) in [6, 6.07) is 11.6. The van der Waals surface area contributed by atoms with Crippen LogP contribution in [-0.4, -0.2) is 43.8 Å². The van der Waals surface area contributed by atoms with Crippen LogP contribution in [0.1, 0.15) is 18.4 Å². The number of phenols is 1. The maximum Gasteiger partial charge on any atom is 0.208 e. The molecule has 2 aromatic rings. The molecule has 1 heterocycles. The minimum atomic E-state index is -3.19. The Morgan fingerprint density at radius 1 is 1.26 bits per heavy atom. The molecule has 124 valence electrons. The number of phenolic OH excluding ortho intramolecular Hbond substituents is 1. The molecule has 0 bridgehead atoms. The Labute approximate surface area is 137 Å². The molecule has 23 heavy (non-hydrogen) atoms. The van der Waals surface area contributed by atoms with Gasteiger partial charge in [0.05, 0.1) is 6.26 Å². The second kappa shape index (κ2) is 6.47. The van der Waals surface area contributed by atoms with Crippen molar-refractivity contribution >= 4 is 20.8 Å². The lowest BCUT2D eigenvalue weighted by Gasteiger charge is -2.33. The van der Waals surface area contributed by atoms with Gasteiger partial charge in [-0.2, -0.15) is 0 Å². The molecule has 1 aliphatic rings. The van der Waals surface area contributed by atoms with Crippen LogP contribution >= 0.6 is 0 Å². The molecule has 0 radical (unpaired) electrons. The maximum absolute atomic E-state index is 11.4. The van der Waals surface area contributed by atoms with Gasteiger partial charge in [-0.15, -0.1) is 0 Å². The van der Waals surface area contributed by atoms with Gasteiger partial charge in [0, 0.05) is 24.7 Å². The van der Waals surface area contributed by atoms with E-state index >= 15 is 0 Å². The van der Waals surface area contributed by atoms with E-state index in [4.69, 9.17) is 0 Å². The number of nitrogens with one attached hydrogen (secondary N) is 1. The summed E-state index contributed by atoms with van der Waals surface area (Å²) in [7, 11) is -3.19. The van der Waals surface area contributed by atoms with Crippen LogP contribution < -0.4 is 4.72 Å². The van der Waals surface area contributed by atoms with E-state index in [0.717, 1.165) is 35.7 Å². The molecule has 2 N–H and O–H groups in total. The van der Waals surface area contributed by atoms with Crippen molar-refractivity contribution in [1.82, 2.24) is 9.62 Å². The highest BCUT2D eigenvalue weighted by Gasteiger charge is 2.23. The van der Waals surface area contributed by atoms with Gasteiger partial charge >= 0.3 is 0 Å². The average Bonchev–Trinajstić information content (AvgIpc) is 2.49. The van der Waals surface area contributed by atoms with E-state index in [1.165, 1.54) is 6.26 Å². The zero-order valence-electron chi connectivity index (χ0n) is 13.2. The number of piperidine rings is 1. The highest BCUT2D eigenvalue weighted by Crippen LogP contribution is 2.29. The molecule has 1 saturated heterocycles. The lowest BCUT2D eigenvalue weighted by Crippen LogP contribution is -2.47. The Bertz CT molecular complexity index is 805. The zero-order valence-corrected chi connectivity index (χ0v) is 14.0. The third-order valence-corrected chi connectivity index (χ3v) is 5.05. The number of hydrogen-bond acceptors (Lipinski definition) is 4. The molecule has 2 aromatic carbocycles. The van der Waals surface area contributed by atoms with E-state index in [9.17, 15) is 13.5 Å². The van der Waals surface area contributed by atoms with Crippen LogP contribution in [0, 0.1) is 0 Å². The van der Waals surface area contributed by atoms with Crippen LogP contribution in [0.3, 0.4) is 0 Å². The summed E-state index contributed by atoms with van der Waals surface area (Å²) in [6.07, 6.45) is 2.99. The van der Waals surface area contributed by atoms with Gasteiger partial charge in [0.1, 0.15) is 5.75 Å². The number of hydrogen-bond donors (Lipinski definition) is 2. The monoisotopic (exact) mass is 334 g/mol. The van der Waals surface area contributed by atoms with E-state index in [-0.39, 0.29) is 6.04 Å². The largest absolute Gasteiger partial charge is 0.508 e. The smallest absolute Gasteiger partial charge is 0.208 e. The maximum atomic E-state index is 11.4. The fourth-order valence-corrected chi connectivity index (χ4v) is 4.11.